The molecule has 0 aliphatic carbocycles. The lowest BCUT2D eigenvalue weighted by Gasteiger charge is -2.33. The molecule has 2 aromatic rings. The van der Waals surface area contributed by atoms with Gasteiger partial charge in [0, 0.05) is 19.2 Å². The number of benzene rings is 1. The van der Waals surface area contributed by atoms with Gasteiger partial charge in [-0.2, -0.15) is 0 Å². The predicted octanol–water partition coefficient (Wildman–Crippen LogP) is 3.37. The Morgan fingerprint density at radius 2 is 2.00 bits per heavy atom. The summed E-state index contributed by atoms with van der Waals surface area (Å²) < 4.78 is 37.5. The molecule has 2 heterocycles. The predicted molar refractivity (Wildman–Crippen MR) is 90.1 cm³/mol. The number of ether oxygens (including phenoxy) is 2. The molecule has 0 saturated carbocycles. The second kappa shape index (κ2) is 7.63. The number of hydrogen-bond acceptors (Lipinski definition) is 5. The van der Waals surface area contributed by atoms with Crippen LogP contribution in [0.2, 0.25) is 0 Å². The van der Waals surface area contributed by atoms with Gasteiger partial charge >= 0.3 is 0 Å². The molecule has 0 N–H and O–H groups in total. The summed E-state index contributed by atoms with van der Waals surface area (Å²) in [5.74, 6) is 0.464. The van der Waals surface area contributed by atoms with E-state index in [2.05, 4.69) is 14.9 Å². The third kappa shape index (κ3) is 4.15. The van der Waals surface area contributed by atoms with E-state index in [1.165, 1.54) is 0 Å². The fourth-order valence-corrected chi connectivity index (χ4v) is 2.91. The number of aryl methyl sites for hydroxylation is 1. The maximum Gasteiger partial charge on any atom is 0.257 e. The zero-order chi connectivity index (χ0) is 17.8. The van der Waals surface area contributed by atoms with Crippen molar-refractivity contribution < 1.29 is 18.3 Å². The lowest BCUT2D eigenvalue weighted by Crippen LogP contribution is -2.36. The summed E-state index contributed by atoms with van der Waals surface area (Å²) in [4.78, 5) is 10.9. The molecule has 1 fully saturated rings. The average molecular weight is 349 g/mol. The van der Waals surface area contributed by atoms with Gasteiger partial charge in [-0.25, -0.2) is 18.7 Å². The summed E-state index contributed by atoms with van der Waals surface area (Å²) in [7, 11) is 1.58. The van der Waals surface area contributed by atoms with Gasteiger partial charge in [0.25, 0.3) is 5.88 Å². The highest BCUT2D eigenvalue weighted by Gasteiger charge is 2.24. The molecule has 7 heteroatoms. The normalized spacial score (nSPS) is 15.3. The number of anilines is 1. The monoisotopic (exact) mass is 349 g/mol. The van der Waals surface area contributed by atoms with Crippen LogP contribution in [-0.2, 0) is 0 Å². The first kappa shape index (κ1) is 17.4. The van der Waals surface area contributed by atoms with Crippen LogP contribution >= 0.6 is 0 Å². The number of aromatic nitrogens is 2. The van der Waals surface area contributed by atoms with Gasteiger partial charge in [0.2, 0.25) is 0 Å². The molecular formula is C18H21F2N3O2. The molecule has 1 aliphatic rings. The van der Waals surface area contributed by atoms with E-state index in [0.717, 1.165) is 55.6 Å². The minimum atomic E-state index is -0.543. The van der Waals surface area contributed by atoms with Crippen molar-refractivity contribution in [3.05, 3.63) is 41.7 Å². The molecule has 0 bridgehead atoms. The van der Waals surface area contributed by atoms with Crippen molar-refractivity contribution in [2.24, 2.45) is 5.92 Å². The Morgan fingerprint density at radius 1 is 1.24 bits per heavy atom. The van der Waals surface area contributed by atoms with Gasteiger partial charge in [-0.1, -0.05) is 0 Å². The third-order valence-corrected chi connectivity index (χ3v) is 4.32. The van der Waals surface area contributed by atoms with Gasteiger partial charge in [-0.05, 0) is 37.8 Å². The topological polar surface area (TPSA) is 47.5 Å². The van der Waals surface area contributed by atoms with Gasteiger partial charge in [0.15, 0.2) is 17.4 Å². The number of halogens is 2. The summed E-state index contributed by atoms with van der Waals surface area (Å²) in [6, 6.07) is 3.24. The second-order valence-corrected chi connectivity index (χ2v) is 6.16. The molecule has 1 aromatic carbocycles. The molecular weight excluding hydrogens is 328 g/mol. The first-order valence-corrected chi connectivity index (χ1v) is 8.27. The Morgan fingerprint density at radius 3 is 2.72 bits per heavy atom. The van der Waals surface area contributed by atoms with Crippen LogP contribution in [0.15, 0.2) is 24.4 Å². The maximum absolute atomic E-state index is 13.6. The minimum absolute atomic E-state index is 0.0337. The van der Waals surface area contributed by atoms with Crippen molar-refractivity contribution in [2.75, 3.05) is 31.7 Å². The molecule has 0 unspecified atom stereocenters. The second-order valence-electron chi connectivity index (χ2n) is 6.16. The van der Waals surface area contributed by atoms with Crippen molar-refractivity contribution in [3.8, 4) is 11.6 Å². The first-order valence-electron chi connectivity index (χ1n) is 8.27. The maximum atomic E-state index is 13.6. The Bertz CT molecular complexity index is 734. The van der Waals surface area contributed by atoms with Gasteiger partial charge in [0.1, 0.15) is 5.82 Å². The van der Waals surface area contributed by atoms with Gasteiger partial charge < -0.3 is 14.4 Å². The van der Waals surface area contributed by atoms with Crippen LogP contribution in [0.25, 0.3) is 0 Å². The summed E-state index contributed by atoms with van der Waals surface area (Å²) >= 11 is 0. The van der Waals surface area contributed by atoms with Gasteiger partial charge in [-0.15, -0.1) is 0 Å². The standard InChI is InChI=1S/C18H21F2N3O2/c1-12-10-21-18(24-2)17(22-12)23-7-5-13(6-8-23)11-25-16-9-14(19)3-4-15(16)20/h3-4,9-10,13H,5-8,11H2,1-2H3. The summed E-state index contributed by atoms with van der Waals surface area (Å²) in [5.41, 5.74) is 0.836. The smallest absolute Gasteiger partial charge is 0.257 e. The molecule has 134 valence electrons. The number of hydrogen-bond donors (Lipinski definition) is 0. The van der Waals surface area contributed by atoms with Crippen LogP contribution in [0.5, 0.6) is 11.6 Å². The van der Waals surface area contributed by atoms with Gasteiger partial charge in [0.05, 0.1) is 25.6 Å². The van der Waals surface area contributed by atoms with Crippen LogP contribution in [0.4, 0.5) is 14.6 Å². The highest BCUT2D eigenvalue weighted by atomic mass is 19.1. The lowest BCUT2D eigenvalue weighted by atomic mass is 9.98. The Hall–Kier alpha value is -2.44. The van der Waals surface area contributed by atoms with Crippen LogP contribution in [-0.4, -0.2) is 36.8 Å². The fraction of sp³-hybridized carbons (Fsp3) is 0.444. The van der Waals surface area contributed by atoms with Crippen molar-refractivity contribution >= 4 is 5.82 Å². The zero-order valence-corrected chi connectivity index (χ0v) is 14.3. The third-order valence-electron chi connectivity index (χ3n) is 4.32. The Labute approximate surface area is 145 Å². The molecule has 1 saturated heterocycles. The van der Waals surface area contributed by atoms with E-state index in [1.54, 1.807) is 13.3 Å². The highest BCUT2D eigenvalue weighted by Crippen LogP contribution is 2.29. The molecule has 5 nitrogen and oxygen atoms in total. The molecule has 0 radical (unpaired) electrons. The van der Waals surface area contributed by atoms with Crippen molar-refractivity contribution in [3.63, 3.8) is 0 Å². The quantitative estimate of drug-likeness (QED) is 0.828. The number of nitrogens with zero attached hydrogens (tertiary/aromatic N) is 3. The van der Waals surface area contributed by atoms with Crippen LogP contribution in [0.1, 0.15) is 18.5 Å². The largest absolute Gasteiger partial charge is 0.490 e. The van der Waals surface area contributed by atoms with Crippen molar-refractivity contribution in [1.29, 1.82) is 0 Å². The summed E-state index contributed by atoms with van der Waals surface area (Å²) in [6.07, 6.45) is 3.42. The van der Waals surface area contributed by atoms with E-state index in [1.807, 2.05) is 6.92 Å². The van der Waals surface area contributed by atoms with Crippen LogP contribution < -0.4 is 14.4 Å². The highest BCUT2D eigenvalue weighted by molar-refractivity contribution is 5.48. The summed E-state index contributed by atoms with van der Waals surface area (Å²) in [6.45, 7) is 3.83. The first-order chi connectivity index (χ1) is 12.1. The lowest BCUT2D eigenvalue weighted by molar-refractivity contribution is 0.214. The molecule has 1 aromatic heterocycles. The van der Waals surface area contributed by atoms with Crippen molar-refractivity contribution in [1.82, 2.24) is 9.97 Å². The van der Waals surface area contributed by atoms with E-state index in [0.29, 0.717) is 12.5 Å². The van der Waals surface area contributed by atoms with E-state index in [-0.39, 0.29) is 11.7 Å². The van der Waals surface area contributed by atoms with Gasteiger partial charge in [-0.3, -0.25) is 0 Å². The molecule has 25 heavy (non-hydrogen) atoms. The molecule has 0 amide bonds. The summed E-state index contributed by atoms with van der Waals surface area (Å²) in [5, 5.41) is 0. The molecule has 1 aliphatic heterocycles. The fourth-order valence-electron chi connectivity index (χ4n) is 2.91. The Balaban J connectivity index is 1.57. The van der Waals surface area contributed by atoms with E-state index >= 15 is 0 Å². The van der Waals surface area contributed by atoms with Crippen molar-refractivity contribution in [2.45, 2.75) is 19.8 Å². The molecule has 3 rings (SSSR count). The number of methoxy groups -OCH3 is 1. The SMILES string of the molecule is COc1ncc(C)nc1N1CCC(COc2cc(F)ccc2F)CC1. The van der Waals surface area contributed by atoms with Crippen LogP contribution in [0.3, 0.4) is 0 Å². The molecule has 0 spiro atoms. The minimum Gasteiger partial charge on any atom is -0.490 e. The average Bonchev–Trinajstić information content (AvgIpc) is 2.63. The van der Waals surface area contributed by atoms with E-state index < -0.39 is 11.6 Å². The number of piperidine rings is 1. The van der Waals surface area contributed by atoms with E-state index in [4.69, 9.17) is 9.47 Å². The van der Waals surface area contributed by atoms with Crippen LogP contribution in [0, 0.1) is 24.5 Å². The molecule has 0 atom stereocenters. The Kier molecular flexibility index (Phi) is 5.31. The zero-order valence-electron chi connectivity index (χ0n) is 14.3. The van der Waals surface area contributed by atoms with E-state index in [9.17, 15) is 8.78 Å². The number of rotatable bonds is 5.